The van der Waals surface area contributed by atoms with Gasteiger partial charge in [-0.15, -0.1) is 0 Å². The SMILES string of the molecule is NCc1cccc(Oc2cc(C(F)(F)F)ccn2)c1. The van der Waals surface area contributed by atoms with E-state index in [1.807, 2.05) is 0 Å². The van der Waals surface area contributed by atoms with Crippen LogP contribution in [0, 0.1) is 0 Å². The molecule has 0 fully saturated rings. The van der Waals surface area contributed by atoms with E-state index in [2.05, 4.69) is 4.98 Å². The highest BCUT2D eigenvalue weighted by atomic mass is 19.4. The summed E-state index contributed by atoms with van der Waals surface area (Å²) in [5, 5.41) is 0. The highest BCUT2D eigenvalue weighted by Gasteiger charge is 2.30. The third-order valence-corrected chi connectivity index (χ3v) is 2.42. The summed E-state index contributed by atoms with van der Waals surface area (Å²) in [7, 11) is 0. The number of hydrogen-bond acceptors (Lipinski definition) is 3. The van der Waals surface area contributed by atoms with Crippen molar-refractivity contribution in [3.8, 4) is 11.6 Å². The lowest BCUT2D eigenvalue weighted by Gasteiger charge is -2.09. The molecule has 0 radical (unpaired) electrons. The van der Waals surface area contributed by atoms with Crippen molar-refractivity contribution in [1.29, 1.82) is 0 Å². The molecule has 0 spiro atoms. The Balaban J connectivity index is 2.23. The Morgan fingerprint density at radius 3 is 2.63 bits per heavy atom. The van der Waals surface area contributed by atoms with E-state index in [0.717, 1.165) is 23.9 Å². The van der Waals surface area contributed by atoms with E-state index in [1.165, 1.54) is 0 Å². The first kappa shape index (κ1) is 13.4. The molecule has 3 nitrogen and oxygen atoms in total. The van der Waals surface area contributed by atoms with Crippen molar-refractivity contribution >= 4 is 0 Å². The average molecular weight is 268 g/mol. The molecule has 1 heterocycles. The van der Waals surface area contributed by atoms with Crippen molar-refractivity contribution in [2.45, 2.75) is 12.7 Å². The first-order valence-electron chi connectivity index (χ1n) is 5.49. The van der Waals surface area contributed by atoms with Crippen molar-refractivity contribution in [2.24, 2.45) is 5.73 Å². The van der Waals surface area contributed by atoms with Gasteiger partial charge in [-0.2, -0.15) is 13.2 Å². The normalized spacial score (nSPS) is 11.4. The second-order valence-corrected chi connectivity index (χ2v) is 3.83. The molecule has 19 heavy (non-hydrogen) atoms. The molecule has 0 saturated carbocycles. The van der Waals surface area contributed by atoms with Crippen LogP contribution in [0.1, 0.15) is 11.1 Å². The van der Waals surface area contributed by atoms with Gasteiger partial charge in [0.05, 0.1) is 5.56 Å². The van der Waals surface area contributed by atoms with Gasteiger partial charge in [-0.05, 0) is 23.8 Å². The van der Waals surface area contributed by atoms with E-state index in [4.69, 9.17) is 10.5 Å². The van der Waals surface area contributed by atoms with Crippen molar-refractivity contribution in [3.63, 3.8) is 0 Å². The fraction of sp³-hybridized carbons (Fsp3) is 0.154. The van der Waals surface area contributed by atoms with Crippen LogP contribution in [-0.2, 0) is 12.7 Å². The van der Waals surface area contributed by atoms with E-state index in [-0.39, 0.29) is 5.88 Å². The number of rotatable bonds is 3. The van der Waals surface area contributed by atoms with Crippen LogP contribution in [0.3, 0.4) is 0 Å². The molecule has 2 N–H and O–H groups in total. The van der Waals surface area contributed by atoms with Crippen molar-refractivity contribution in [2.75, 3.05) is 0 Å². The van der Waals surface area contributed by atoms with Crippen LogP contribution in [0.4, 0.5) is 13.2 Å². The zero-order valence-corrected chi connectivity index (χ0v) is 9.82. The van der Waals surface area contributed by atoms with Crippen LogP contribution in [0.5, 0.6) is 11.6 Å². The van der Waals surface area contributed by atoms with E-state index >= 15 is 0 Å². The van der Waals surface area contributed by atoms with Gasteiger partial charge in [0.25, 0.3) is 0 Å². The number of aromatic nitrogens is 1. The zero-order valence-electron chi connectivity index (χ0n) is 9.82. The number of benzene rings is 1. The molecular formula is C13H11F3N2O. The Labute approximate surface area is 107 Å². The molecule has 0 saturated heterocycles. The van der Waals surface area contributed by atoms with Gasteiger partial charge in [-0.3, -0.25) is 0 Å². The van der Waals surface area contributed by atoms with Crippen molar-refractivity contribution < 1.29 is 17.9 Å². The molecule has 0 bridgehead atoms. The summed E-state index contributed by atoms with van der Waals surface area (Å²) in [6.45, 7) is 0.327. The summed E-state index contributed by atoms with van der Waals surface area (Å²) in [4.78, 5) is 3.75. The molecule has 0 aliphatic carbocycles. The summed E-state index contributed by atoms with van der Waals surface area (Å²) in [6.07, 6.45) is -3.36. The van der Waals surface area contributed by atoms with E-state index in [9.17, 15) is 13.2 Å². The topological polar surface area (TPSA) is 48.1 Å². The summed E-state index contributed by atoms with van der Waals surface area (Å²) in [5.41, 5.74) is 5.50. The van der Waals surface area contributed by atoms with Gasteiger partial charge in [-0.1, -0.05) is 12.1 Å². The van der Waals surface area contributed by atoms with Gasteiger partial charge >= 0.3 is 6.18 Å². The molecular weight excluding hydrogens is 257 g/mol. The van der Waals surface area contributed by atoms with Crippen LogP contribution in [0.2, 0.25) is 0 Å². The Morgan fingerprint density at radius 2 is 1.95 bits per heavy atom. The van der Waals surface area contributed by atoms with Gasteiger partial charge in [0, 0.05) is 18.8 Å². The van der Waals surface area contributed by atoms with Crippen LogP contribution < -0.4 is 10.5 Å². The average Bonchev–Trinajstić information content (AvgIpc) is 2.38. The summed E-state index contributed by atoms with van der Waals surface area (Å²) >= 11 is 0. The minimum atomic E-state index is -4.42. The second kappa shape index (κ2) is 5.27. The zero-order chi connectivity index (χ0) is 13.9. The fourth-order valence-corrected chi connectivity index (χ4v) is 1.50. The van der Waals surface area contributed by atoms with Crippen LogP contribution in [0.25, 0.3) is 0 Å². The largest absolute Gasteiger partial charge is 0.439 e. The summed E-state index contributed by atoms with van der Waals surface area (Å²) in [5.74, 6) is 0.291. The number of pyridine rings is 1. The van der Waals surface area contributed by atoms with Crippen molar-refractivity contribution in [1.82, 2.24) is 4.98 Å². The molecule has 0 atom stereocenters. The first-order chi connectivity index (χ1) is 8.99. The van der Waals surface area contributed by atoms with Crippen LogP contribution in [0.15, 0.2) is 42.6 Å². The molecule has 6 heteroatoms. The standard InChI is InChI=1S/C13H11F3N2O/c14-13(15,16)10-4-5-18-12(7-10)19-11-3-1-2-9(6-11)8-17/h1-7H,8,17H2. The van der Waals surface area contributed by atoms with Crippen LogP contribution in [-0.4, -0.2) is 4.98 Å². The van der Waals surface area contributed by atoms with Crippen LogP contribution >= 0.6 is 0 Å². The Bertz CT molecular complexity index is 570. The van der Waals surface area contributed by atoms with Gasteiger partial charge in [-0.25, -0.2) is 4.98 Å². The molecule has 0 aliphatic rings. The molecule has 1 aromatic carbocycles. The molecule has 0 amide bonds. The predicted octanol–water partition coefficient (Wildman–Crippen LogP) is 3.35. The predicted molar refractivity (Wildman–Crippen MR) is 63.6 cm³/mol. The lowest BCUT2D eigenvalue weighted by molar-refractivity contribution is -0.137. The number of ether oxygens (including phenoxy) is 1. The molecule has 2 aromatic rings. The minimum Gasteiger partial charge on any atom is -0.439 e. The Kier molecular flexibility index (Phi) is 3.71. The van der Waals surface area contributed by atoms with Gasteiger partial charge in [0.2, 0.25) is 5.88 Å². The number of nitrogens with zero attached hydrogens (tertiary/aromatic N) is 1. The third-order valence-electron chi connectivity index (χ3n) is 2.42. The molecule has 100 valence electrons. The van der Waals surface area contributed by atoms with Gasteiger partial charge in [0.1, 0.15) is 5.75 Å². The molecule has 2 rings (SSSR count). The Morgan fingerprint density at radius 1 is 1.16 bits per heavy atom. The highest BCUT2D eigenvalue weighted by molar-refractivity contribution is 5.33. The van der Waals surface area contributed by atoms with Gasteiger partial charge in [0.15, 0.2) is 0 Å². The quantitative estimate of drug-likeness (QED) is 0.928. The number of halogens is 3. The molecule has 1 aromatic heterocycles. The monoisotopic (exact) mass is 268 g/mol. The maximum atomic E-state index is 12.5. The molecule has 0 unspecified atom stereocenters. The van der Waals surface area contributed by atoms with E-state index in [1.54, 1.807) is 24.3 Å². The number of alkyl halides is 3. The molecule has 0 aliphatic heterocycles. The fourth-order valence-electron chi connectivity index (χ4n) is 1.50. The Hall–Kier alpha value is -2.08. The minimum absolute atomic E-state index is 0.107. The second-order valence-electron chi connectivity index (χ2n) is 3.83. The maximum Gasteiger partial charge on any atom is 0.416 e. The van der Waals surface area contributed by atoms with Crippen molar-refractivity contribution in [3.05, 3.63) is 53.7 Å². The van der Waals surface area contributed by atoms with E-state index in [0.29, 0.717) is 12.3 Å². The lowest BCUT2D eigenvalue weighted by atomic mass is 10.2. The summed E-state index contributed by atoms with van der Waals surface area (Å²) in [6, 6.07) is 8.54. The third kappa shape index (κ3) is 3.45. The highest BCUT2D eigenvalue weighted by Crippen LogP contribution is 2.31. The number of nitrogens with two attached hydrogens (primary N) is 1. The van der Waals surface area contributed by atoms with E-state index < -0.39 is 11.7 Å². The van der Waals surface area contributed by atoms with Gasteiger partial charge < -0.3 is 10.5 Å². The lowest BCUT2D eigenvalue weighted by Crippen LogP contribution is -2.05. The maximum absolute atomic E-state index is 12.5. The first-order valence-corrected chi connectivity index (χ1v) is 5.49. The summed E-state index contributed by atoms with van der Waals surface area (Å²) < 4.78 is 42.9. The smallest absolute Gasteiger partial charge is 0.416 e. The number of hydrogen-bond donors (Lipinski definition) is 1.